The quantitative estimate of drug-likeness (QED) is 0.889. The predicted molar refractivity (Wildman–Crippen MR) is 67.7 cm³/mol. The van der Waals surface area contributed by atoms with E-state index in [0.29, 0.717) is 23.4 Å². The molecule has 2 N–H and O–H groups in total. The van der Waals surface area contributed by atoms with E-state index < -0.39 is 5.91 Å². The number of nitrogens with zero attached hydrogens (tertiary/aromatic N) is 1. The molecule has 1 aromatic heterocycles. The average Bonchev–Trinajstić information content (AvgIpc) is 2.84. The minimum absolute atomic E-state index is 0.00811. The summed E-state index contributed by atoms with van der Waals surface area (Å²) in [5.74, 6) is -0.0853. The summed E-state index contributed by atoms with van der Waals surface area (Å²) in [6.45, 7) is 0. The first-order valence-corrected chi connectivity index (χ1v) is 6.09. The van der Waals surface area contributed by atoms with Crippen molar-refractivity contribution >= 4 is 11.7 Å². The number of carbonyl (C=O) groups is 2. The maximum atomic E-state index is 11.7. The van der Waals surface area contributed by atoms with Crippen molar-refractivity contribution in [1.29, 1.82) is 0 Å². The third kappa shape index (κ3) is 1.93. The van der Waals surface area contributed by atoms with E-state index in [9.17, 15) is 9.59 Å². The van der Waals surface area contributed by atoms with E-state index in [4.69, 9.17) is 10.3 Å². The van der Waals surface area contributed by atoms with E-state index in [1.165, 1.54) is 0 Å². The zero-order valence-corrected chi connectivity index (χ0v) is 10.2. The van der Waals surface area contributed by atoms with Gasteiger partial charge in [0.25, 0.3) is 0 Å². The number of primary amides is 1. The molecular weight excluding hydrogens is 244 g/mol. The molecule has 1 heterocycles. The first-order chi connectivity index (χ1) is 9.16. The third-order valence-electron chi connectivity index (χ3n) is 3.31. The maximum absolute atomic E-state index is 11.7. The van der Waals surface area contributed by atoms with Crippen molar-refractivity contribution in [2.24, 2.45) is 5.73 Å². The zero-order valence-electron chi connectivity index (χ0n) is 10.2. The van der Waals surface area contributed by atoms with E-state index in [1.807, 2.05) is 0 Å². The third-order valence-corrected chi connectivity index (χ3v) is 3.31. The Morgan fingerprint density at radius 3 is 2.63 bits per heavy atom. The Bertz CT molecular complexity index is 656. The molecule has 2 aromatic rings. The van der Waals surface area contributed by atoms with Crippen LogP contribution < -0.4 is 5.73 Å². The fourth-order valence-electron chi connectivity index (χ4n) is 2.32. The summed E-state index contributed by atoms with van der Waals surface area (Å²) < 4.78 is 5.14. The van der Waals surface area contributed by atoms with Gasteiger partial charge in [-0.1, -0.05) is 17.3 Å². The van der Waals surface area contributed by atoms with Crippen LogP contribution in [0, 0.1) is 0 Å². The Morgan fingerprint density at radius 2 is 1.95 bits per heavy atom. The number of ketones is 1. The van der Waals surface area contributed by atoms with Crippen LogP contribution >= 0.6 is 0 Å². The van der Waals surface area contributed by atoms with Crippen LogP contribution in [0.25, 0.3) is 11.3 Å². The van der Waals surface area contributed by atoms with Gasteiger partial charge in [-0.05, 0) is 25.0 Å². The Hall–Kier alpha value is -2.43. The van der Waals surface area contributed by atoms with Crippen molar-refractivity contribution < 1.29 is 14.1 Å². The lowest BCUT2D eigenvalue weighted by molar-refractivity contribution is 0.0934. The van der Waals surface area contributed by atoms with E-state index in [0.717, 1.165) is 24.0 Å². The molecule has 0 spiro atoms. The molecule has 19 heavy (non-hydrogen) atoms. The molecule has 1 aromatic carbocycles. The van der Waals surface area contributed by atoms with E-state index in [-0.39, 0.29) is 5.78 Å². The van der Waals surface area contributed by atoms with Crippen LogP contribution in [0.4, 0.5) is 0 Å². The first kappa shape index (κ1) is 11.6. The Labute approximate surface area is 109 Å². The van der Waals surface area contributed by atoms with Gasteiger partial charge in [-0.25, -0.2) is 0 Å². The van der Waals surface area contributed by atoms with Crippen LogP contribution in [0.15, 0.2) is 28.8 Å². The van der Waals surface area contributed by atoms with Crippen molar-refractivity contribution in [3.63, 3.8) is 0 Å². The highest BCUT2D eigenvalue weighted by Gasteiger charge is 2.26. The molecule has 0 radical (unpaired) electrons. The molecule has 3 rings (SSSR count). The summed E-state index contributed by atoms with van der Waals surface area (Å²) >= 11 is 0. The number of Topliss-reactive ketones (excluding diaryl/α,β-unsaturated/α-hetero) is 1. The zero-order chi connectivity index (χ0) is 13.4. The molecule has 0 saturated heterocycles. The number of carbonyl (C=O) groups excluding carboxylic acids is 2. The van der Waals surface area contributed by atoms with Gasteiger partial charge in [0.2, 0.25) is 17.5 Å². The second-order valence-electron chi connectivity index (χ2n) is 4.56. The molecule has 5 heteroatoms. The second kappa shape index (κ2) is 4.35. The van der Waals surface area contributed by atoms with Crippen molar-refractivity contribution in [2.45, 2.75) is 19.3 Å². The minimum Gasteiger partial charge on any atom is -0.366 e. The number of rotatable bonds is 2. The Kier molecular flexibility index (Phi) is 2.67. The van der Waals surface area contributed by atoms with E-state index in [1.54, 1.807) is 24.3 Å². The van der Waals surface area contributed by atoms with Gasteiger partial charge in [0.1, 0.15) is 5.69 Å². The number of nitrogens with two attached hydrogens (primary N) is 1. The fourth-order valence-corrected chi connectivity index (χ4v) is 2.32. The molecule has 0 fully saturated rings. The molecule has 0 bridgehead atoms. The molecule has 96 valence electrons. The van der Waals surface area contributed by atoms with Crippen LogP contribution in [-0.4, -0.2) is 16.8 Å². The number of hydrogen-bond acceptors (Lipinski definition) is 4. The van der Waals surface area contributed by atoms with Crippen molar-refractivity contribution in [1.82, 2.24) is 5.16 Å². The number of fused-ring (bicyclic) bond motifs is 1. The van der Waals surface area contributed by atoms with Gasteiger partial charge < -0.3 is 10.3 Å². The molecule has 0 unspecified atom stereocenters. The first-order valence-electron chi connectivity index (χ1n) is 6.09. The summed E-state index contributed by atoms with van der Waals surface area (Å²) in [6.07, 6.45) is 2.12. The fraction of sp³-hybridized carbons (Fsp3) is 0.214. The smallest absolute Gasteiger partial charge is 0.248 e. The molecule has 1 amide bonds. The highest BCUT2D eigenvalue weighted by atomic mass is 16.5. The van der Waals surface area contributed by atoms with Crippen LogP contribution in [0.5, 0.6) is 0 Å². The largest absolute Gasteiger partial charge is 0.366 e. The second-order valence-corrected chi connectivity index (χ2v) is 4.56. The van der Waals surface area contributed by atoms with Gasteiger partial charge >= 0.3 is 0 Å². The Balaban J connectivity index is 2.03. The van der Waals surface area contributed by atoms with Gasteiger partial charge in [0, 0.05) is 23.1 Å². The number of aromatic nitrogens is 1. The van der Waals surface area contributed by atoms with Crippen LogP contribution in [0.1, 0.15) is 39.3 Å². The SMILES string of the molecule is NC(=O)c1ccc(-c2noc3c2CCCC3=O)cc1. The summed E-state index contributed by atoms with van der Waals surface area (Å²) in [5, 5.41) is 3.98. The van der Waals surface area contributed by atoms with Gasteiger partial charge in [-0.15, -0.1) is 0 Å². The lowest BCUT2D eigenvalue weighted by Gasteiger charge is -2.08. The molecule has 5 nitrogen and oxygen atoms in total. The lowest BCUT2D eigenvalue weighted by atomic mass is 9.93. The molecule has 0 atom stereocenters. The summed E-state index contributed by atoms with van der Waals surface area (Å²) in [4.78, 5) is 22.7. The van der Waals surface area contributed by atoms with Gasteiger partial charge in [-0.3, -0.25) is 9.59 Å². The molecule has 1 aliphatic rings. The summed E-state index contributed by atoms with van der Waals surface area (Å²) in [6, 6.07) is 6.81. The monoisotopic (exact) mass is 256 g/mol. The average molecular weight is 256 g/mol. The van der Waals surface area contributed by atoms with Crippen LogP contribution in [0.3, 0.4) is 0 Å². The van der Waals surface area contributed by atoms with Crippen molar-refractivity contribution in [3.8, 4) is 11.3 Å². The molecular formula is C14H12N2O3. The van der Waals surface area contributed by atoms with Gasteiger partial charge in [-0.2, -0.15) is 0 Å². The summed E-state index contributed by atoms with van der Waals surface area (Å²) in [5.41, 5.74) is 8.00. The van der Waals surface area contributed by atoms with E-state index >= 15 is 0 Å². The number of hydrogen-bond donors (Lipinski definition) is 1. The number of benzene rings is 1. The Morgan fingerprint density at radius 1 is 1.21 bits per heavy atom. The predicted octanol–water partition coefficient (Wildman–Crippen LogP) is 1.96. The van der Waals surface area contributed by atoms with Crippen LogP contribution in [-0.2, 0) is 6.42 Å². The highest BCUT2D eigenvalue weighted by Crippen LogP contribution is 2.31. The van der Waals surface area contributed by atoms with Crippen LogP contribution in [0.2, 0.25) is 0 Å². The topological polar surface area (TPSA) is 86.2 Å². The molecule has 0 saturated carbocycles. The lowest BCUT2D eigenvalue weighted by Crippen LogP contribution is -2.10. The highest BCUT2D eigenvalue weighted by molar-refractivity contribution is 5.97. The van der Waals surface area contributed by atoms with Gasteiger partial charge in [0.15, 0.2) is 0 Å². The van der Waals surface area contributed by atoms with Gasteiger partial charge in [0.05, 0.1) is 0 Å². The van der Waals surface area contributed by atoms with Crippen molar-refractivity contribution in [2.75, 3.05) is 0 Å². The number of amides is 1. The summed E-state index contributed by atoms with van der Waals surface area (Å²) in [7, 11) is 0. The van der Waals surface area contributed by atoms with Crippen molar-refractivity contribution in [3.05, 3.63) is 41.2 Å². The molecule has 0 aliphatic heterocycles. The molecule has 1 aliphatic carbocycles. The normalized spacial score (nSPS) is 14.2. The van der Waals surface area contributed by atoms with E-state index in [2.05, 4.69) is 5.16 Å². The maximum Gasteiger partial charge on any atom is 0.248 e. The minimum atomic E-state index is -0.469. The standard InChI is InChI=1S/C14H12N2O3/c15-14(18)9-6-4-8(5-7-9)12-10-2-1-3-11(17)13(10)19-16-12/h4-7H,1-3H2,(H2,15,18).